The largest absolute Gasteiger partial charge is 0.339 e. The van der Waals surface area contributed by atoms with Crippen molar-refractivity contribution >= 4 is 5.91 Å². The number of carbonyl (C=O) groups excluding carboxylic acids is 1. The highest BCUT2D eigenvalue weighted by Gasteiger charge is 2.31. The maximum absolute atomic E-state index is 13.0. The van der Waals surface area contributed by atoms with Gasteiger partial charge in [0.05, 0.1) is 12.1 Å². The third kappa shape index (κ3) is 3.57. The minimum atomic E-state index is -0.124. The predicted molar refractivity (Wildman–Crippen MR) is 92.0 cm³/mol. The first-order chi connectivity index (χ1) is 13.1. The molecule has 1 fully saturated rings. The van der Waals surface area contributed by atoms with Gasteiger partial charge < -0.3 is 9.42 Å². The van der Waals surface area contributed by atoms with Crippen molar-refractivity contribution in [3.63, 3.8) is 0 Å². The second-order valence-corrected chi connectivity index (χ2v) is 7.12. The Morgan fingerprint density at radius 3 is 3.11 bits per heavy atom. The minimum absolute atomic E-state index is 0.0412. The molecule has 0 aromatic carbocycles. The molecule has 1 saturated heterocycles. The average Bonchev–Trinajstić information content (AvgIpc) is 3.41. The zero-order valence-electron chi connectivity index (χ0n) is 15.2. The number of tetrazole rings is 1. The molecule has 0 radical (unpaired) electrons. The molecule has 0 bridgehead atoms. The predicted octanol–water partition coefficient (Wildman–Crippen LogP) is 0.987. The van der Waals surface area contributed by atoms with Gasteiger partial charge in [-0.25, -0.2) is 0 Å². The highest BCUT2D eigenvalue weighted by atomic mass is 16.5. The summed E-state index contributed by atoms with van der Waals surface area (Å²) in [6.07, 6.45) is 5.48. The number of carbonyl (C=O) groups is 1. The van der Waals surface area contributed by atoms with Gasteiger partial charge in [-0.2, -0.15) is 14.8 Å². The van der Waals surface area contributed by atoms with Gasteiger partial charge in [0, 0.05) is 19.5 Å². The third-order valence-electron chi connectivity index (χ3n) is 4.56. The molecule has 4 rings (SSSR count). The summed E-state index contributed by atoms with van der Waals surface area (Å²) in [6.45, 7) is 5.43. The van der Waals surface area contributed by atoms with E-state index in [0.717, 1.165) is 25.1 Å². The second kappa shape index (κ2) is 7.25. The van der Waals surface area contributed by atoms with Gasteiger partial charge in [-0.05, 0) is 29.2 Å². The summed E-state index contributed by atoms with van der Waals surface area (Å²) >= 11 is 0. The fraction of sp³-hybridized carbons (Fsp3) is 0.562. The number of likely N-dealkylation sites (tertiary alicyclic amines) is 1. The Hall–Kier alpha value is -3.11. The molecule has 27 heavy (non-hydrogen) atoms. The van der Waals surface area contributed by atoms with Gasteiger partial charge in [-0.3, -0.25) is 9.89 Å². The van der Waals surface area contributed by atoms with Gasteiger partial charge in [0.1, 0.15) is 11.9 Å². The van der Waals surface area contributed by atoms with Gasteiger partial charge in [-0.15, -0.1) is 5.10 Å². The van der Waals surface area contributed by atoms with E-state index in [-0.39, 0.29) is 11.8 Å². The molecule has 11 nitrogen and oxygen atoms in total. The molecule has 0 spiro atoms. The maximum Gasteiger partial charge on any atom is 0.259 e. The van der Waals surface area contributed by atoms with Gasteiger partial charge in [-0.1, -0.05) is 19.0 Å². The number of hydrogen-bond donors (Lipinski definition) is 1. The molecular weight excluding hydrogens is 350 g/mol. The standard InChI is InChI=1S/C16H21N9O2/c1-10(2)6-13-19-15(27-21-13)11-4-3-5-24(8-11)16(26)12-7-17-20-14(12)25-9-18-22-23-25/h7,9-11H,3-6,8H2,1-2H3,(H,17,20)/t11-/m0/s1. The number of H-pyrrole nitrogens is 1. The van der Waals surface area contributed by atoms with Crippen LogP contribution in [0.25, 0.3) is 5.82 Å². The summed E-state index contributed by atoms with van der Waals surface area (Å²) in [6, 6.07) is 0. The van der Waals surface area contributed by atoms with Crippen LogP contribution in [0.4, 0.5) is 0 Å². The number of hydrogen-bond acceptors (Lipinski definition) is 8. The first kappa shape index (κ1) is 17.3. The Kier molecular flexibility index (Phi) is 4.65. The average molecular weight is 371 g/mol. The van der Waals surface area contributed by atoms with E-state index >= 15 is 0 Å². The molecule has 1 aliphatic rings. The van der Waals surface area contributed by atoms with Crippen LogP contribution in [0.2, 0.25) is 0 Å². The van der Waals surface area contributed by atoms with Crippen LogP contribution < -0.4 is 0 Å². The van der Waals surface area contributed by atoms with Crippen LogP contribution in [0.15, 0.2) is 17.0 Å². The van der Waals surface area contributed by atoms with E-state index in [1.165, 1.54) is 17.2 Å². The lowest BCUT2D eigenvalue weighted by Gasteiger charge is -2.30. The van der Waals surface area contributed by atoms with Crippen molar-refractivity contribution < 1.29 is 9.32 Å². The Morgan fingerprint density at radius 2 is 2.33 bits per heavy atom. The molecule has 1 amide bonds. The van der Waals surface area contributed by atoms with Crippen molar-refractivity contribution in [2.45, 2.75) is 39.0 Å². The quantitative estimate of drug-likeness (QED) is 0.702. The van der Waals surface area contributed by atoms with Crippen LogP contribution in [-0.4, -0.2) is 64.4 Å². The van der Waals surface area contributed by atoms with Crippen LogP contribution in [0, 0.1) is 5.92 Å². The van der Waals surface area contributed by atoms with Gasteiger partial charge in [0.2, 0.25) is 5.89 Å². The second-order valence-electron chi connectivity index (χ2n) is 7.12. The first-order valence-corrected chi connectivity index (χ1v) is 9.00. The Labute approximate surface area is 155 Å². The molecule has 0 aliphatic carbocycles. The van der Waals surface area contributed by atoms with Crippen LogP contribution in [0.1, 0.15) is 54.7 Å². The number of aromatic nitrogens is 8. The smallest absolute Gasteiger partial charge is 0.259 e. The molecule has 142 valence electrons. The summed E-state index contributed by atoms with van der Waals surface area (Å²) in [7, 11) is 0. The molecule has 1 N–H and O–H groups in total. The lowest BCUT2D eigenvalue weighted by atomic mass is 9.97. The van der Waals surface area contributed by atoms with Crippen molar-refractivity contribution in [1.29, 1.82) is 0 Å². The first-order valence-electron chi connectivity index (χ1n) is 9.00. The van der Waals surface area contributed by atoms with E-state index < -0.39 is 0 Å². The Bertz CT molecular complexity index is 899. The Morgan fingerprint density at radius 1 is 1.44 bits per heavy atom. The van der Waals surface area contributed by atoms with Crippen LogP contribution >= 0.6 is 0 Å². The summed E-state index contributed by atoms with van der Waals surface area (Å²) in [5.41, 5.74) is 0.425. The fourth-order valence-electron chi connectivity index (χ4n) is 3.29. The molecule has 4 heterocycles. The summed E-state index contributed by atoms with van der Waals surface area (Å²) in [5, 5.41) is 21.8. The van der Waals surface area contributed by atoms with E-state index in [4.69, 9.17) is 4.52 Å². The number of rotatable bonds is 5. The van der Waals surface area contributed by atoms with Crippen LogP contribution in [0.3, 0.4) is 0 Å². The number of aromatic amines is 1. The fourth-order valence-corrected chi connectivity index (χ4v) is 3.29. The number of amides is 1. The van der Waals surface area contributed by atoms with Crippen molar-refractivity contribution in [2.24, 2.45) is 5.92 Å². The minimum Gasteiger partial charge on any atom is -0.339 e. The van der Waals surface area contributed by atoms with Crippen molar-refractivity contribution in [1.82, 2.24) is 45.4 Å². The summed E-state index contributed by atoms with van der Waals surface area (Å²) < 4.78 is 6.84. The maximum atomic E-state index is 13.0. The van der Waals surface area contributed by atoms with Crippen LogP contribution in [0.5, 0.6) is 0 Å². The summed E-state index contributed by atoms with van der Waals surface area (Å²) in [4.78, 5) is 19.3. The normalized spacial score (nSPS) is 17.6. The van der Waals surface area contributed by atoms with E-state index in [2.05, 4.69) is 49.7 Å². The SMILES string of the molecule is CC(C)Cc1noc([C@H]2CCCN(C(=O)c3cn[nH]c3-n3cnnn3)C2)n1. The molecule has 0 unspecified atom stereocenters. The van der Waals surface area contributed by atoms with Crippen molar-refractivity contribution in [3.8, 4) is 5.82 Å². The zero-order valence-corrected chi connectivity index (χ0v) is 15.2. The number of piperidine rings is 1. The van der Waals surface area contributed by atoms with E-state index in [1.54, 1.807) is 4.90 Å². The van der Waals surface area contributed by atoms with E-state index in [9.17, 15) is 4.79 Å². The molecule has 11 heteroatoms. The van der Waals surface area contributed by atoms with Gasteiger partial charge in [0.25, 0.3) is 5.91 Å². The Balaban J connectivity index is 1.49. The molecule has 1 atom stereocenters. The van der Waals surface area contributed by atoms with E-state index in [0.29, 0.717) is 36.3 Å². The molecule has 1 aliphatic heterocycles. The number of nitrogens with one attached hydrogen (secondary N) is 1. The third-order valence-corrected chi connectivity index (χ3v) is 4.56. The zero-order chi connectivity index (χ0) is 18.8. The van der Waals surface area contributed by atoms with Gasteiger partial charge in [0.15, 0.2) is 11.6 Å². The highest BCUT2D eigenvalue weighted by Crippen LogP contribution is 2.27. The van der Waals surface area contributed by atoms with Gasteiger partial charge >= 0.3 is 0 Å². The van der Waals surface area contributed by atoms with Crippen LogP contribution in [-0.2, 0) is 6.42 Å². The summed E-state index contributed by atoms with van der Waals surface area (Å²) in [5.74, 6) is 2.16. The lowest BCUT2D eigenvalue weighted by molar-refractivity contribution is 0.0695. The highest BCUT2D eigenvalue weighted by molar-refractivity contribution is 5.97. The molecule has 3 aromatic rings. The van der Waals surface area contributed by atoms with Crippen molar-refractivity contribution in [2.75, 3.05) is 13.1 Å². The van der Waals surface area contributed by atoms with E-state index in [1.807, 2.05) is 0 Å². The molecular formula is C16H21N9O2. The topological polar surface area (TPSA) is 132 Å². The van der Waals surface area contributed by atoms with Crippen molar-refractivity contribution in [3.05, 3.63) is 29.8 Å². The number of nitrogens with zero attached hydrogens (tertiary/aromatic N) is 8. The monoisotopic (exact) mass is 371 g/mol. The molecule has 0 saturated carbocycles. The molecule has 3 aromatic heterocycles. The lowest BCUT2D eigenvalue weighted by Crippen LogP contribution is -2.39.